The van der Waals surface area contributed by atoms with Crippen molar-refractivity contribution in [2.24, 2.45) is 0 Å². The average Bonchev–Trinajstić information content (AvgIpc) is 2.84. The highest BCUT2D eigenvalue weighted by Crippen LogP contribution is 2.38. The summed E-state index contributed by atoms with van der Waals surface area (Å²) in [6, 6.07) is 7.97. The van der Waals surface area contributed by atoms with E-state index in [4.69, 9.17) is 9.90 Å². The van der Waals surface area contributed by atoms with Crippen LogP contribution in [0.1, 0.15) is 41.9 Å². The van der Waals surface area contributed by atoms with Gasteiger partial charge in [0, 0.05) is 6.04 Å². The normalized spacial score (nSPS) is 23.1. The SMILES string of the molecule is CNC1CC(c2ccc3c(c2)CCC3)C1.O=C(O)C(F)(F)F. The number of nitrogens with one attached hydrogen (secondary N) is 1. The molecular formula is C16H20F3NO2. The van der Waals surface area contributed by atoms with Crippen LogP contribution in [-0.4, -0.2) is 30.3 Å². The van der Waals surface area contributed by atoms with Gasteiger partial charge in [0.05, 0.1) is 0 Å². The zero-order valence-corrected chi connectivity index (χ0v) is 12.4. The predicted molar refractivity (Wildman–Crippen MR) is 77.0 cm³/mol. The summed E-state index contributed by atoms with van der Waals surface area (Å²) < 4.78 is 31.7. The fourth-order valence-electron chi connectivity index (χ4n) is 2.97. The first-order valence-electron chi connectivity index (χ1n) is 7.40. The molecule has 0 radical (unpaired) electrons. The number of alkyl halides is 3. The minimum absolute atomic E-state index is 0.767. The molecule has 0 aromatic heterocycles. The van der Waals surface area contributed by atoms with E-state index in [0.717, 1.165) is 12.0 Å². The summed E-state index contributed by atoms with van der Waals surface area (Å²) in [6.07, 6.45) is 1.55. The Bertz CT molecular complexity index is 537. The third-order valence-corrected chi connectivity index (χ3v) is 4.38. The molecule has 1 fully saturated rings. The molecule has 3 rings (SSSR count). The van der Waals surface area contributed by atoms with Gasteiger partial charge in [0.2, 0.25) is 0 Å². The average molecular weight is 315 g/mol. The van der Waals surface area contributed by atoms with E-state index >= 15 is 0 Å². The monoisotopic (exact) mass is 315 g/mol. The lowest BCUT2D eigenvalue weighted by Gasteiger charge is -2.35. The standard InChI is InChI=1S/C14H19N.C2HF3O2/c1-15-14-8-13(9-14)12-6-5-10-3-2-4-11(10)7-12;3-2(4,5)1(6)7/h5-7,13-15H,2-4,8-9H2,1H3;(H,6,7). The summed E-state index contributed by atoms with van der Waals surface area (Å²) >= 11 is 0. The molecule has 6 heteroatoms. The summed E-state index contributed by atoms with van der Waals surface area (Å²) in [6.45, 7) is 0. The highest BCUT2D eigenvalue weighted by atomic mass is 19.4. The van der Waals surface area contributed by atoms with Crippen LogP contribution in [-0.2, 0) is 17.6 Å². The predicted octanol–water partition coefficient (Wildman–Crippen LogP) is 3.27. The van der Waals surface area contributed by atoms with Gasteiger partial charge in [-0.3, -0.25) is 0 Å². The van der Waals surface area contributed by atoms with Gasteiger partial charge in [-0.05, 0) is 61.8 Å². The van der Waals surface area contributed by atoms with Gasteiger partial charge in [-0.2, -0.15) is 13.2 Å². The third kappa shape index (κ3) is 4.00. The van der Waals surface area contributed by atoms with Crippen LogP contribution in [0.3, 0.4) is 0 Å². The van der Waals surface area contributed by atoms with Crippen molar-refractivity contribution in [2.45, 2.75) is 50.2 Å². The molecule has 122 valence electrons. The van der Waals surface area contributed by atoms with Gasteiger partial charge in [-0.1, -0.05) is 18.2 Å². The molecule has 0 heterocycles. The zero-order valence-electron chi connectivity index (χ0n) is 12.4. The molecule has 0 amide bonds. The zero-order chi connectivity index (χ0) is 16.3. The first kappa shape index (κ1) is 16.8. The molecule has 1 aromatic carbocycles. The number of hydrogen-bond acceptors (Lipinski definition) is 2. The molecule has 2 aliphatic rings. The topological polar surface area (TPSA) is 49.3 Å². The van der Waals surface area contributed by atoms with E-state index in [1.54, 1.807) is 16.7 Å². The number of carboxylic acids is 1. The molecule has 2 aliphatic carbocycles. The first-order chi connectivity index (χ1) is 10.3. The van der Waals surface area contributed by atoms with Crippen LogP contribution in [0.2, 0.25) is 0 Å². The number of aliphatic carboxylic acids is 1. The molecule has 2 N–H and O–H groups in total. The first-order valence-corrected chi connectivity index (χ1v) is 7.40. The maximum absolute atomic E-state index is 10.6. The Balaban J connectivity index is 0.000000217. The summed E-state index contributed by atoms with van der Waals surface area (Å²) in [4.78, 5) is 8.90. The molecule has 0 bridgehead atoms. The summed E-state index contributed by atoms with van der Waals surface area (Å²) in [5, 5.41) is 10.5. The van der Waals surface area contributed by atoms with Crippen molar-refractivity contribution in [3.05, 3.63) is 34.9 Å². The van der Waals surface area contributed by atoms with Crippen molar-refractivity contribution in [1.29, 1.82) is 0 Å². The Morgan fingerprint density at radius 1 is 1.23 bits per heavy atom. The number of rotatable bonds is 2. The van der Waals surface area contributed by atoms with Crippen LogP contribution in [0.5, 0.6) is 0 Å². The van der Waals surface area contributed by atoms with Crippen LogP contribution < -0.4 is 5.32 Å². The molecule has 1 aromatic rings. The number of halogens is 3. The van der Waals surface area contributed by atoms with Gasteiger partial charge in [0.1, 0.15) is 0 Å². The van der Waals surface area contributed by atoms with Crippen LogP contribution in [0.25, 0.3) is 0 Å². The maximum Gasteiger partial charge on any atom is 0.490 e. The van der Waals surface area contributed by atoms with E-state index in [1.165, 1.54) is 32.1 Å². The lowest BCUT2D eigenvalue weighted by atomic mass is 9.75. The largest absolute Gasteiger partial charge is 0.490 e. The highest BCUT2D eigenvalue weighted by Gasteiger charge is 2.38. The van der Waals surface area contributed by atoms with Crippen molar-refractivity contribution in [3.63, 3.8) is 0 Å². The summed E-state index contributed by atoms with van der Waals surface area (Å²) in [5.41, 5.74) is 4.81. The van der Waals surface area contributed by atoms with Gasteiger partial charge in [-0.15, -0.1) is 0 Å². The van der Waals surface area contributed by atoms with Gasteiger partial charge in [0.15, 0.2) is 0 Å². The quantitative estimate of drug-likeness (QED) is 0.880. The van der Waals surface area contributed by atoms with Gasteiger partial charge < -0.3 is 10.4 Å². The van der Waals surface area contributed by atoms with E-state index in [1.807, 2.05) is 0 Å². The fourth-order valence-corrected chi connectivity index (χ4v) is 2.97. The summed E-state index contributed by atoms with van der Waals surface area (Å²) in [7, 11) is 2.07. The summed E-state index contributed by atoms with van der Waals surface area (Å²) in [5.74, 6) is -1.93. The van der Waals surface area contributed by atoms with Gasteiger partial charge in [0.25, 0.3) is 0 Å². The Morgan fingerprint density at radius 3 is 2.36 bits per heavy atom. The van der Waals surface area contributed by atoms with E-state index in [-0.39, 0.29) is 0 Å². The van der Waals surface area contributed by atoms with E-state index < -0.39 is 12.1 Å². The molecule has 0 saturated heterocycles. The van der Waals surface area contributed by atoms with E-state index in [9.17, 15) is 13.2 Å². The van der Waals surface area contributed by atoms with Crippen molar-refractivity contribution in [3.8, 4) is 0 Å². The second-order valence-corrected chi connectivity index (χ2v) is 5.84. The molecule has 1 saturated carbocycles. The molecule has 0 spiro atoms. The Kier molecular flexibility index (Phi) is 5.11. The number of carboxylic acid groups (broad SMARTS) is 1. The third-order valence-electron chi connectivity index (χ3n) is 4.38. The van der Waals surface area contributed by atoms with Crippen molar-refractivity contribution in [2.75, 3.05) is 7.05 Å². The fraction of sp³-hybridized carbons (Fsp3) is 0.562. The molecule has 0 unspecified atom stereocenters. The van der Waals surface area contributed by atoms with Crippen LogP contribution in [0.15, 0.2) is 18.2 Å². The highest BCUT2D eigenvalue weighted by molar-refractivity contribution is 5.73. The molecule has 3 nitrogen and oxygen atoms in total. The number of carbonyl (C=O) groups is 1. The second-order valence-electron chi connectivity index (χ2n) is 5.84. The number of benzene rings is 1. The minimum atomic E-state index is -5.08. The number of hydrogen-bond donors (Lipinski definition) is 2. The molecule has 0 atom stereocenters. The molecule has 22 heavy (non-hydrogen) atoms. The van der Waals surface area contributed by atoms with Crippen LogP contribution in [0, 0.1) is 0 Å². The number of aryl methyl sites for hydroxylation is 2. The van der Waals surface area contributed by atoms with Crippen molar-refractivity contribution in [1.82, 2.24) is 5.32 Å². The van der Waals surface area contributed by atoms with E-state index in [0.29, 0.717) is 0 Å². The minimum Gasteiger partial charge on any atom is -0.475 e. The maximum atomic E-state index is 10.6. The van der Waals surface area contributed by atoms with Crippen molar-refractivity contribution >= 4 is 5.97 Å². The molecule has 0 aliphatic heterocycles. The second kappa shape index (κ2) is 6.69. The lowest BCUT2D eigenvalue weighted by molar-refractivity contribution is -0.192. The lowest BCUT2D eigenvalue weighted by Crippen LogP contribution is -2.37. The molecular weight excluding hydrogens is 295 g/mol. The number of fused-ring (bicyclic) bond motifs is 1. The van der Waals surface area contributed by atoms with Crippen LogP contribution in [0.4, 0.5) is 13.2 Å². The van der Waals surface area contributed by atoms with Crippen molar-refractivity contribution < 1.29 is 23.1 Å². The smallest absolute Gasteiger partial charge is 0.475 e. The van der Waals surface area contributed by atoms with Crippen LogP contribution >= 0.6 is 0 Å². The van der Waals surface area contributed by atoms with Gasteiger partial charge >= 0.3 is 12.1 Å². The Hall–Kier alpha value is -1.56. The Morgan fingerprint density at radius 2 is 1.82 bits per heavy atom. The Labute approximate surface area is 127 Å². The van der Waals surface area contributed by atoms with Gasteiger partial charge in [-0.25, -0.2) is 4.79 Å². The van der Waals surface area contributed by atoms with E-state index in [2.05, 4.69) is 30.6 Å².